The zero-order valence-corrected chi connectivity index (χ0v) is 13.3. The molecule has 0 fully saturated rings. The fourth-order valence-corrected chi connectivity index (χ4v) is 2.79. The van der Waals surface area contributed by atoms with Crippen LogP contribution < -0.4 is 10.9 Å². The van der Waals surface area contributed by atoms with Crippen LogP contribution in [0.3, 0.4) is 0 Å². The van der Waals surface area contributed by atoms with Crippen molar-refractivity contribution in [3.05, 3.63) is 34.2 Å². The summed E-state index contributed by atoms with van der Waals surface area (Å²) in [4.78, 5) is 23.5. The molecule has 1 aromatic heterocycles. The Morgan fingerprint density at radius 3 is 2.53 bits per heavy atom. The van der Waals surface area contributed by atoms with E-state index >= 15 is 0 Å². The Kier molecular flexibility index (Phi) is 5.79. The van der Waals surface area contributed by atoms with Crippen molar-refractivity contribution in [1.29, 1.82) is 0 Å². The molecule has 1 aromatic rings. The van der Waals surface area contributed by atoms with Crippen molar-refractivity contribution >= 4 is 21.8 Å². The standard InChI is InChI=1S/C14H21BrN2O2/c1-4-14(5-2,9-15)10-16-13(19)11-6-7-17(3)12(18)8-11/h6-8H,4-5,9-10H2,1-3H3,(H,16,19). The highest BCUT2D eigenvalue weighted by Gasteiger charge is 2.25. The first-order valence-corrected chi connectivity index (χ1v) is 7.61. The van der Waals surface area contributed by atoms with Gasteiger partial charge in [0.25, 0.3) is 11.5 Å². The van der Waals surface area contributed by atoms with E-state index in [9.17, 15) is 9.59 Å². The van der Waals surface area contributed by atoms with E-state index in [0.29, 0.717) is 12.1 Å². The molecule has 1 amide bonds. The fraction of sp³-hybridized carbons (Fsp3) is 0.571. The summed E-state index contributed by atoms with van der Waals surface area (Å²) in [6.45, 7) is 4.85. The number of carbonyl (C=O) groups is 1. The molecule has 1 N–H and O–H groups in total. The molecule has 0 saturated carbocycles. The number of aromatic nitrogens is 1. The Balaban J connectivity index is 2.75. The number of halogens is 1. The predicted octanol–water partition coefficient (Wildman–Crippen LogP) is 2.32. The molecule has 1 rings (SSSR count). The third kappa shape index (κ3) is 3.93. The smallest absolute Gasteiger partial charge is 0.251 e. The summed E-state index contributed by atoms with van der Waals surface area (Å²) in [6.07, 6.45) is 3.59. The maximum atomic E-state index is 12.0. The van der Waals surface area contributed by atoms with Gasteiger partial charge >= 0.3 is 0 Å². The molecule has 0 radical (unpaired) electrons. The van der Waals surface area contributed by atoms with Crippen LogP contribution in [0.15, 0.2) is 23.1 Å². The number of hydrogen-bond donors (Lipinski definition) is 1. The second-order valence-electron chi connectivity index (χ2n) is 4.89. The van der Waals surface area contributed by atoms with Gasteiger partial charge in [0.2, 0.25) is 0 Å². The zero-order chi connectivity index (χ0) is 14.5. The van der Waals surface area contributed by atoms with Gasteiger partial charge in [-0.25, -0.2) is 0 Å². The minimum atomic E-state index is -0.190. The van der Waals surface area contributed by atoms with Crippen LogP contribution in [0.2, 0.25) is 0 Å². The van der Waals surface area contributed by atoms with Crippen LogP contribution in [0.5, 0.6) is 0 Å². The molecule has 0 spiro atoms. The van der Waals surface area contributed by atoms with Crippen LogP contribution in [-0.2, 0) is 7.05 Å². The summed E-state index contributed by atoms with van der Waals surface area (Å²) in [6, 6.07) is 3.02. The zero-order valence-electron chi connectivity index (χ0n) is 11.7. The number of rotatable bonds is 6. The first kappa shape index (κ1) is 16.0. The van der Waals surface area contributed by atoms with Crippen LogP contribution in [0, 0.1) is 5.41 Å². The first-order valence-electron chi connectivity index (χ1n) is 6.49. The minimum Gasteiger partial charge on any atom is -0.351 e. The molecule has 0 aliphatic heterocycles. The van der Waals surface area contributed by atoms with E-state index < -0.39 is 0 Å². The predicted molar refractivity (Wildman–Crippen MR) is 80.8 cm³/mol. The number of pyridine rings is 1. The van der Waals surface area contributed by atoms with Crippen molar-refractivity contribution < 1.29 is 4.79 Å². The fourth-order valence-electron chi connectivity index (χ4n) is 1.80. The van der Waals surface area contributed by atoms with Gasteiger partial charge in [-0.15, -0.1) is 0 Å². The van der Waals surface area contributed by atoms with Crippen LogP contribution in [0.4, 0.5) is 0 Å². The molecule has 0 bridgehead atoms. The van der Waals surface area contributed by atoms with Gasteiger partial charge < -0.3 is 9.88 Å². The van der Waals surface area contributed by atoms with Crippen LogP contribution >= 0.6 is 15.9 Å². The monoisotopic (exact) mass is 328 g/mol. The highest BCUT2D eigenvalue weighted by molar-refractivity contribution is 9.09. The van der Waals surface area contributed by atoms with Gasteiger partial charge in [0.1, 0.15) is 0 Å². The van der Waals surface area contributed by atoms with Crippen molar-refractivity contribution in [1.82, 2.24) is 9.88 Å². The first-order chi connectivity index (χ1) is 8.98. The van der Waals surface area contributed by atoms with E-state index in [1.165, 1.54) is 10.6 Å². The largest absolute Gasteiger partial charge is 0.351 e. The maximum absolute atomic E-state index is 12.0. The Hall–Kier alpha value is -1.10. The minimum absolute atomic E-state index is 0.0788. The lowest BCUT2D eigenvalue weighted by Crippen LogP contribution is -2.38. The molecule has 0 aliphatic carbocycles. The third-order valence-corrected chi connectivity index (χ3v) is 4.96. The Bertz CT molecular complexity index is 484. The molecule has 4 nitrogen and oxygen atoms in total. The molecule has 19 heavy (non-hydrogen) atoms. The van der Waals surface area contributed by atoms with E-state index in [1.807, 2.05) is 0 Å². The summed E-state index contributed by atoms with van der Waals surface area (Å²) in [5.41, 5.74) is 0.319. The van der Waals surface area contributed by atoms with Crippen molar-refractivity contribution in [2.75, 3.05) is 11.9 Å². The molecule has 0 saturated heterocycles. The second kappa shape index (κ2) is 6.89. The lowest BCUT2D eigenvalue weighted by atomic mass is 9.84. The van der Waals surface area contributed by atoms with E-state index in [4.69, 9.17) is 0 Å². The SMILES string of the molecule is CCC(CC)(CBr)CNC(=O)c1ccn(C)c(=O)c1. The van der Waals surface area contributed by atoms with Gasteiger partial charge in [0.15, 0.2) is 0 Å². The highest BCUT2D eigenvalue weighted by atomic mass is 79.9. The van der Waals surface area contributed by atoms with Crippen molar-refractivity contribution in [3.8, 4) is 0 Å². The summed E-state index contributed by atoms with van der Waals surface area (Å²) in [5, 5.41) is 3.77. The number of carbonyl (C=O) groups excluding carboxylic acids is 1. The van der Waals surface area contributed by atoms with Gasteiger partial charge in [-0.2, -0.15) is 0 Å². The van der Waals surface area contributed by atoms with E-state index in [0.717, 1.165) is 18.2 Å². The Morgan fingerprint density at radius 1 is 1.42 bits per heavy atom. The number of alkyl halides is 1. The molecule has 5 heteroatoms. The Labute approximate surface area is 122 Å². The number of amides is 1. The van der Waals surface area contributed by atoms with Crippen LogP contribution in [0.25, 0.3) is 0 Å². The second-order valence-corrected chi connectivity index (χ2v) is 5.45. The van der Waals surface area contributed by atoms with Crippen LogP contribution in [0.1, 0.15) is 37.0 Å². The number of nitrogens with zero attached hydrogens (tertiary/aromatic N) is 1. The van der Waals surface area contributed by atoms with Gasteiger partial charge in [0, 0.05) is 36.7 Å². The van der Waals surface area contributed by atoms with E-state index in [1.54, 1.807) is 19.3 Å². The lowest BCUT2D eigenvalue weighted by Gasteiger charge is -2.29. The van der Waals surface area contributed by atoms with Gasteiger partial charge in [-0.3, -0.25) is 9.59 Å². The van der Waals surface area contributed by atoms with Gasteiger partial charge in [-0.05, 0) is 24.3 Å². The third-order valence-electron chi connectivity index (χ3n) is 3.77. The highest BCUT2D eigenvalue weighted by Crippen LogP contribution is 2.27. The quantitative estimate of drug-likeness (QED) is 0.815. The van der Waals surface area contributed by atoms with Crippen molar-refractivity contribution in [2.45, 2.75) is 26.7 Å². The molecule has 0 atom stereocenters. The average Bonchev–Trinajstić information content (AvgIpc) is 2.43. The van der Waals surface area contributed by atoms with E-state index in [2.05, 4.69) is 35.1 Å². The molecule has 0 aliphatic rings. The summed E-state index contributed by atoms with van der Waals surface area (Å²) in [5.74, 6) is -0.190. The van der Waals surface area contributed by atoms with E-state index in [-0.39, 0.29) is 16.9 Å². The molecule has 1 heterocycles. The van der Waals surface area contributed by atoms with Crippen molar-refractivity contribution in [3.63, 3.8) is 0 Å². The number of aryl methyl sites for hydroxylation is 1. The Morgan fingerprint density at radius 2 is 2.05 bits per heavy atom. The normalized spacial score (nSPS) is 11.4. The summed E-state index contributed by atoms with van der Waals surface area (Å²) in [7, 11) is 1.66. The molecule has 0 unspecified atom stereocenters. The van der Waals surface area contributed by atoms with Crippen molar-refractivity contribution in [2.24, 2.45) is 12.5 Å². The number of nitrogens with one attached hydrogen (secondary N) is 1. The summed E-state index contributed by atoms with van der Waals surface area (Å²) >= 11 is 3.52. The summed E-state index contributed by atoms with van der Waals surface area (Å²) < 4.78 is 1.44. The molecule has 0 aromatic carbocycles. The van der Waals surface area contributed by atoms with Gasteiger partial charge in [-0.1, -0.05) is 29.8 Å². The average molecular weight is 329 g/mol. The molecule has 106 valence electrons. The topological polar surface area (TPSA) is 51.1 Å². The van der Waals surface area contributed by atoms with Gasteiger partial charge in [0.05, 0.1) is 0 Å². The number of hydrogen-bond acceptors (Lipinski definition) is 2. The maximum Gasteiger partial charge on any atom is 0.251 e. The lowest BCUT2D eigenvalue weighted by molar-refractivity contribution is 0.0932. The molecular formula is C14H21BrN2O2. The molecular weight excluding hydrogens is 308 g/mol. The van der Waals surface area contributed by atoms with Crippen LogP contribution in [-0.4, -0.2) is 22.3 Å².